The number of nitrogens with two attached hydrogens (primary N) is 1. The monoisotopic (exact) mass is 282 g/mol. The van der Waals surface area contributed by atoms with E-state index in [4.69, 9.17) is 10.5 Å². The standard InChI is InChI=1S/C17H34N2O/c1-6-16(5)12-17(13-18,8-10-20-16)19-9-7-14(11-19)15(2,3)4/h14H,6-13,18H2,1-5H3. The summed E-state index contributed by atoms with van der Waals surface area (Å²) in [7, 11) is 0. The Labute approximate surface area is 125 Å². The van der Waals surface area contributed by atoms with Crippen molar-refractivity contribution in [3.05, 3.63) is 0 Å². The maximum absolute atomic E-state index is 6.25. The van der Waals surface area contributed by atoms with Crippen LogP contribution in [0.2, 0.25) is 0 Å². The molecule has 0 saturated carbocycles. The van der Waals surface area contributed by atoms with Gasteiger partial charge in [0.1, 0.15) is 0 Å². The van der Waals surface area contributed by atoms with E-state index in [0.717, 1.165) is 38.3 Å². The van der Waals surface area contributed by atoms with Crippen molar-refractivity contribution in [2.75, 3.05) is 26.2 Å². The highest BCUT2D eigenvalue weighted by molar-refractivity contribution is 5.03. The maximum Gasteiger partial charge on any atom is 0.0670 e. The van der Waals surface area contributed by atoms with E-state index in [1.54, 1.807) is 0 Å². The van der Waals surface area contributed by atoms with Gasteiger partial charge in [-0.1, -0.05) is 27.7 Å². The van der Waals surface area contributed by atoms with Gasteiger partial charge in [0.15, 0.2) is 0 Å². The van der Waals surface area contributed by atoms with E-state index >= 15 is 0 Å². The van der Waals surface area contributed by atoms with E-state index in [2.05, 4.69) is 39.5 Å². The van der Waals surface area contributed by atoms with Crippen molar-refractivity contribution in [2.45, 2.75) is 71.4 Å². The summed E-state index contributed by atoms with van der Waals surface area (Å²) in [6.07, 6.45) is 4.57. The summed E-state index contributed by atoms with van der Waals surface area (Å²) >= 11 is 0. The van der Waals surface area contributed by atoms with Crippen LogP contribution in [-0.2, 0) is 4.74 Å². The van der Waals surface area contributed by atoms with Crippen LogP contribution in [0.5, 0.6) is 0 Å². The molecule has 2 fully saturated rings. The van der Waals surface area contributed by atoms with Crippen LogP contribution in [0.25, 0.3) is 0 Å². The van der Waals surface area contributed by atoms with Gasteiger partial charge in [-0.2, -0.15) is 0 Å². The predicted octanol–water partition coefficient (Wildman–Crippen LogP) is 3.03. The largest absolute Gasteiger partial charge is 0.375 e. The second-order valence-corrected chi connectivity index (χ2v) is 8.30. The zero-order valence-electron chi connectivity index (χ0n) is 14.2. The number of hydrogen-bond donors (Lipinski definition) is 1. The highest BCUT2D eigenvalue weighted by Gasteiger charge is 2.48. The fourth-order valence-corrected chi connectivity index (χ4v) is 4.02. The molecule has 2 aliphatic heterocycles. The van der Waals surface area contributed by atoms with Gasteiger partial charge in [-0.15, -0.1) is 0 Å². The molecule has 0 amide bonds. The summed E-state index contributed by atoms with van der Waals surface area (Å²) in [4.78, 5) is 2.69. The lowest BCUT2D eigenvalue weighted by Gasteiger charge is -2.50. The van der Waals surface area contributed by atoms with Gasteiger partial charge in [0.2, 0.25) is 0 Å². The van der Waals surface area contributed by atoms with Crippen LogP contribution in [0, 0.1) is 11.3 Å². The molecular weight excluding hydrogens is 248 g/mol. The first-order valence-corrected chi connectivity index (χ1v) is 8.34. The minimum atomic E-state index is 0.0113. The van der Waals surface area contributed by atoms with Gasteiger partial charge in [-0.25, -0.2) is 0 Å². The van der Waals surface area contributed by atoms with Crippen LogP contribution < -0.4 is 5.73 Å². The van der Waals surface area contributed by atoms with Crippen LogP contribution in [0.4, 0.5) is 0 Å². The molecule has 118 valence electrons. The topological polar surface area (TPSA) is 38.5 Å². The minimum absolute atomic E-state index is 0.0113. The summed E-state index contributed by atoms with van der Waals surface area (Å²) < 4.78 is 6.04. The number of rotatable bonds is 3. The van der Waals surface area contributed by atoms with Crippen molar-refractivity contribution in [3.63, 3.8) is 0 Å². The Morgan fingerprint density at radius 2 is 2.05 bits per heavy atom. The zero-order valence-corrected chi connectivity index (χ0v) is 14.2. The molecule has 2 saturated heterocycles. The van der Waals surface area contributed by atoms with Gasteiger partial charge in [0, 0.05) is 25.2 Å². The van der Waals surface area contributed by atoms with E-state index in [1.807, 2.05) is 0 Å². The van der Waals surface area contributed by atoms with Gasteiger partial charge in [-0.3, -0.25) is 4.90 Å². The fraction of sp³-hybridized carbons (Fsp3) is 1.00. The van der Waals surface area contributed by atoms with Gasteiger partial charge in [-0.05, 0) is 50.5 Å². The van der Waals surface area contributed by atoms with Gasteiger partial charge in [0.25, 0.3) is 0 Å². The Kier molecular flexibility index (Phi) is 4.54. The molecule has 2 aliphatic rings. The average Bonchev–Trinajstić information content (AvgIpc) is 2.89. The van der Waals surface area contributed by atoms with E-state index < -0.39 is 0 Å². The van der Waals surface area contributed by atoms with E-state index in [0.29, 0.717) is 5.41 Å². The number of ether oxygens (including phenoxy) is 1. The number of hydrogen-bond acceptors (Lipinski definition) is 3. The lowest BCUT2D eigenvalue weighted by atomic mass is 9.77. The minimum Gasteiger partial charge on any atom is -0.375 e. The Morgan fingerprint density at radius 3 is 2.55 bits per heavy atom. The third-order valence-electron chi connectivity index (χ3n) is 5.93. The van der Waals surface area contributed by atoms with Crippen molar-refractivity contribution in [2.24, 2.45) is 17.1 Å². The highest BCUT2D eigenvalue weighted by Crippen LogP contribution is 2.43. The summed E-state index contributed by atoms with van der Waals surface area (Å²) in [6.45, 7) is 15.6. The number of likely N-dealkylation sites (tertiary alicyclic amines) is 1. The molecule has 3 unspecified atom stereocenters. The molecule has 0 bridgehead atoms. The Bertz CT molecular complexity index is 338. The van der Waals surface area contributed by atoms with Gasteiger partial charge in [0.05, 0.1) is 5.60 Å². The van der Waals surface area contributed by atoms with Crippen molar-refractivity contribution in [3.8, 4) is 0 Å². The van der Waals surface area contributed by atoms with Crippen molar-refractivity contribution >= 4 is 0 Å². The Morgan fingerprint density at radius 1 is 1.35 bits per heavy atom. The highest BCUT2D eigenvalue weighted by atomic mass is 16.5. The molecule has 3 nitrogen and oxygen atoms in total. The zero-order chi connectivity index (χ0) is 15.0. The van der Waals surface area contributed by atoms with Crippen LogP contribution in [0.15, 0.2) is 0 Å². The Hall–Kier alpha value is -0.120. The molecule has 0 aromatic heterocycles. The molecule has 2 rings (SSSR count). The summed E-state index contributed by atoms with van der Waals surface area (Å²) in [5.74, 6) is 0.793. The second-order valence-electron chi connectivity index (χ2n) is 8.30. The molecular formula is C17H34N2O. The van der Waals surface area contributed by atoms with Crippen LogP contribution >= 0.6 is 0 Å². The quantitative estimate of drug-likeness (QED) is 0.864. The molecule has 0 spiro atoms. The third-order valence-corrected chi connectivity index (χ3v) is 5.93. The fourth-order valence-electron chi connectivity index (χ4n) is 4.02. The van der Waals surface area contributed by atoms with Gasteiger partial charge < -0.3 is 10.5 Å². The summed E-state index contributed by atoms with van der Waals surface area (Å²) in [5.41, 5.74) is 6.84. The molecule has 0 aromatic carbocycles. The SMILES string of the molecule is CCC1(C)CC(CN)(N2CCC(C(C)(C)C)C2)CCO1. The molecule has 2 heterocycles. The van der Waals surface area contributed by atoms with Crippen molar-refractivity contribution < 1.29 is 4.74 Å². The predicted molar refractivity (Wildman–Crippen MR) is 84.8 cm³/mol. The Balaban J connectivity index is 2.12. The first kappa shape index (κ1) is 16.3. The van der Waals surface area contributed by atoms with Crippen molar-refractivity contribution in [1.82, 2.24) is 4.90 Å². The van der Waals surface area contributed by atoms with Gasteiger partial charge >= 0.3 is 0 Å². The lowest BCUT2D eigenvalue weighted by molar-refractivity contribution is -0.126. The summed E-state index contributed by atoms with van der Waals surface area (Å²) in [5, 5.41) is 0. The molecule has 3 atom stereocenters. The van der Waals surface area contributed by atoms with Crippen LogP contribution in [0.3, 0.4) is 0 Å². The average molecular weight is 282 g/mol. The first-order valence-electron chi connectivity index (χ1n) is 8.34. The van der Waals surface area contributed by atoms with Crippen molar-refractivity contribution in [1.29, 1.82) is 0 Å². The van der Waals surface area contributed by atoms with E-state index in [-0.39, 0.29) is 11.1 Å². The lowest BCUT2D eigenvalue weighted by Crippen LogP contribution is -2.60. The van der Waals surface area contributed by atoms with E-state index in [9.17, 15) is 0 Å². The molecule has 0 radical (unpaired) electrons. The molecule has 20 heavy (non-hydrogen) atoms. The molecule has 0 aromatic rings. The maximum atomic E-state index is 6.25. The summed E-state index contributed by atoms with van der Waals surface area (Å²) in [6, 6.07) is 0. The first-order chi connectivity index (χ1) is 9.25. The third kappa shape index (κ3) is 3.05. The second kappa shape index (κ2) is 5.58. The van der Waals surface area contributed by atoms with E-state index in [1.165, 1.54) is 19.5 Å². The molecule has 0 aliphatic carbocycles. The smallest absolute Gasteiger partial charge is 0.0670 e. The van der Waals surface area contributed by atoms with Crippen LogP contribution in [0.1, 0.15) is 60.3 Å². The number of nitrogens with zero attached hydrogens (tertiary/aromatic N) is 1. The molecule has 2 N–H and O–H groups in total. The molecule has 3 heteroatoms. The van der Waals surface area contributed by atoms with Crippen LogP contribution in [-0.4, -0.2) is 42.3 Å². The normalized spacial score (nSPS) is 40.2.